The molecule has 1 atom stereocenters. The molecule has 3 heterocycles. The molecule has 1 saturated heterocycles. The Morgan fingerprint density at radius 3 is 3.10 bits per heavy atom. The molecule has 0 aromatic carbocycles. The van der Waals surface area contributed by atoms with Gasteiger partial charge in [-0.15, -0.1) is 11.3 Å². The van der Waals surface area contributed by atoms with Crippen LogP contribution in [0, 0.1) is 0 Å². The standard InChI is InChI=1S/C15H20N4OS/c1-2-13-16-5-8-18(13)11-14(20)19-7-3-4-12(10-19)15-17-6-9-21-15/h5-6,8-9,12H,2-4,7,10-11H2,1H3/t12-/m0/s1. The van der Waals surface area contributed by atoms with Gasteiger partial charge in [-0.2, -0.15) is 0 Å². The van der Waals surface area contributed by atoms with E-state index < -0.39 is 0 Å². The highest BCUT2D eigenvalue weighted by Crippen LogP contribution is 2.28. The number of carbonyl (C=O) groups is 1. The molecule has 1 amide bonds. The van der Waals surface area contributed by atoms with Crippen LogP contribution < -0.4 is 0 Å². The van der Waals surface area contributed by atoms with Gasteiger partial charge in [-0.1, -0.05) is 6.92 Å². The monoisotopic (exact) mass is 304 g/mol. The first kappa shape index (κ1) is 14.3. The summed E-state index contributed by atoms with van der Waals surface area (Å²) in [4.78, 5) is 23.2. The molecular weight excluding hydrogens is 284 g/mol. The van der Waals surface area contributed by atoms with Crippen LogP contribution in [-0.4, -0.2) is 38.4 Å². The quantitative estimate of drug-likeness (QED) is 0.871. The van der Waals surface area contributed by atoms with Gasteiger partial charge in [-0.05, 0) is 12.8 Å². The zero-order chi connectivity index (χ0) is 14.7. The smallest absolute Gasteiger partial charge is 0.242 e. The number of piperidine rings is 1. The van der Waals surface area contributed by atoms with Crippen molar-refractivity contribution in [3.8, 4) is 0 Å². The van der Waals surface area contributed by atoms with Crippen molar-refractivity contribution in [2.45, 2.75) is 38.6 Å². The van der Waals surface area contributed by atoms with Gasteiger partial charge >= 0.3 is 0 Å². The molecule has 0 spiro atoms. The summed E-state index contributed by atoms with van der Waals surface area (Å²) in [5.41, 5.74) is 0. The Bertz CT molecular complexity index is 593. The summed E-state index contributed by atoms with van der Waals surface area (Å²) in [6.07, 6.45) is 8.53. The van der Waals surface area contributed by atoms with Gasteiger partial charge in [-0.3, -0.25) is 4.79 Å². The van der Waals surface area contributed by atoms with Gasteiger partial charge in [0.05, 0.1) is 5.01 Å². The molecular formula is C15H20N4OS. The molecule has 6 heteroatoms. The molecule has 0 aliphatic carbocycles. The number of hydrogen-bond donors (Lipinski definition) is 0. The Morgan fingerprint density at radius 1 is 1.43 bits per heavy atom. The number of likely N-dealkylation sites (tertiary alicyclic amines) is 1. The summed E-state index contributed by atoms with van der Waals surface area (Å²) in [7, 11) is 0. The van der Waals surface area contributed by atoms with Gasteiger partial charge in [0, 0.05) is 49.4 Å². The summed E-state index contributed by atoms with van der Waals surface area (Å²) >= 11 is 1.69. The third kappa shape index (κ3) is 3.15. The summed E-state index contributed by atoms with van der Waals surface area (Å²) in [6, 6.07) is 0. The van der Waals surface area contributed by atoms with Crippen LogP contribution in [0.2, 0.25) is 0 Å². The van der Waals surface area contributed by atoms with Gasteiger partial charge in [0.15, 0.2) is 0 Å². The average Bonchev–Trinajstić information content (AvgIpc) is 3.18. The SMILES string of the molecule is CCc1nccn1CC(=O)N1CCC[C@H](c2nccs2)C1. The van der Waals surface area contributed by atoms with E-state index >= 15 is 0 Å². The third-order valence-electron chi connectivity index (χ3n) is 4.00. The molecule has 1 aliphatic heterocycles. The first-order chi connectivity index (χ1) is 10.3. The molecule has 2 aromatic heterocycles. The first-order valence-corrected chi connectivity index (χ1v) is 8.33. The minimum atomic E-state index is 0.184. The fourth-order valence-corrected chi connectivity index (χ4v) is 3.65. The molecule has 2 aromatic rings. The molecule has 0 bridgehead atoms. The number of thiazole rings is 1. The molecule has 3 rings (SSSR count). The van der Waals surface area contributed by atoms with Crippen LogP contribution in [0.1, 0.15) is 36.5 Å². The summed E-state index contributed by atoms with van der Waals surface area (Å²) in [5, 5.41) is 3.17. The zero-order valence-corrected chi connectivity index (χ0v) is 13.1. The van der Waals surface area contributed by atoms with Crippen molar-refractivity contribution in [3.05, 3.63) is 34.8 Å². The summed E-state index contributed by atoms with van der Waals surface area (Å²) in [5.74, 6) is 1.55. The Morgan fingerprint density at radius 2 is 2.33 bits per heavy atom. The van der Waals surface area contributed by atoms with Crippen LogP contribution in [0.15, 0.2) is 24.0 Å². The lowest BCUT2D eigenvalue weighted by molar-refractivity contribution is -0.133. The number of hydrogen-bond acceptors (Lipinski definition) is 4. The topological polar surface area (TPSA) is 51.0 Å². The van der Waals surface area contributed by atoms with Gasteiger partial charge in [0.25, 0.3) is 0 Å². The second-order valence-electron chi connectivity index (χ2n) is 5.37. The lowest BCUT2D eigenvalue weighted by Gasteiger charge is -2.32. The molecule has 0 N–H and O–H groups in total. The van der Waals surface area contributed by atoms with E-state index in [0.717, 1.165) is 43.2 Å². The van der Waals surface area contributed by atoms with Gasteiger partial charge < -0.3 is 9.47 Å². The van der Waals surface area contributed by atoms with Crippen molar-refractivity contribution in [2.24, 2.45) is 0 Å². The van der Waals surface area contributed by atoms with E-state index in [9.17, 15) is 4.79 Å². The fraction of sp³-hybridized carbons (Fsp3) is 0.533. The van der Waals surface area contributed by atoms with Crippen molar-refractivity contribution >= 4 is 17.2 Å². The van der Waals surface area contributed by atoms with E-state index in [1.165, 1.54) is 0 Å². The highest BCUT2D eigenvalue weighted by Gasteiger charge is 2.26. The third-order valence-corrected chi connectivity index (χ3v) is 4.94. The second-order valence-corrected chi connectivity index (χ2v) is 6.30. The predicted molar refractivity (Wildman–Crippen MR) is 82.3 cm³/mol. The van der Waals surface area contributed by atoms with E-state index in [0.29, 0.717) is 12.5 Å². The van der Waals surface area contributed by atoms with Gasteiger partial charge in [-0.25, -0.2) is 9.97 Å². The van der Waals surface area contributed by atoms with Crippen LogP contribution in [0.25, 0.3) is 0 Å². The van der Waals surface area contributed by atoms with Crippen LogP contribution in [-0.2, 0) is 17.8 Å². The maximum absolute atomic E-state index is 12.5. The molecule has 21 heavy (non-hydrogen) atoms. The van der Waals surface area contributed by atoms with Crippen molar-refractivity contribution in [2.75, 3.05) is 13.1 Å². The first-order valence-electron chi connectivity index (χ1n) is 7.45. The van der Waals surface area contributed by atoms with E-state index in [4.69, 9.17) is 0 Å². The minimum Gasteiger partial charge on any atom is -0.340 e. The van der Waals surface area contributed by atoms with Crippen molar-refractivity contribution in [1.82, 2.24) is 19.4 Å². The average molecular weight is 304 g/mol. The number of carbonyl (C=O) groups excluding carboxylic acids is 1. The van der Waals surface area contributed by atoms with Crippen molar-refractivity contribution in [1.29, 1.82) is 0 Å². The van der Waals surface area contributed by atoms with Gasteiger partial charge in [0.1, 0.15) is 12.4 Å². The normalized spacial score (nSPS) is 18.9. The number of aryl methyl sites for hydroxylation is 1. The number of imidazole rings is 1. The van der Waals surface area contributed by atoms with E-state index in [2.05, 4.69) is 16.9 Å². The number of amides is 1. The Balaban J connectivity index is 1.64. The lowest BCUT2D eigenvalue weighted by Crippen LogP contribution is -2.40. The molecule has 0 radical (unpaired) electrons. The molecule has 1 aliphatic rings. The molecule has 0 saturated carbocycles. The highest BCUT2D eigenvalue weighted by atomic mass is 32.1. The van der Waals surface area contributed by atoms with Crippen LogP contribution >= 0.6 is 11.3 Å². The highest BCUT2D eigenvalue weighted by molar-refractivity contribution is 7.09. The van der Waals surface area contributed by atoms with Crippen molar-refractivity contribution < 1.29 is 4.79 Å². The Labute approximate surface area is 128 Å². The molecule has 1 fully saturated rings. The Hall–Kier alpha value is -1.69. The molecule has 5 nitrogen and oxygen atoms in total. The maximum Gasteiger partial charge on any atom is 0.242 e. The second kappa shape index (κ2) is 6.39. The van der Waals surface area contributed by atoms with Crippen LogP contribution in [0.5, 0.6) is 0 Å². The fourth-order valence-electron chi connectivity index (χ4n) is 2.89. The minimum absolute atomic E-state index is 0.184. The van der Waals surface area contributed by atoms with Crippen LogP contribution in [0.4, 0.5) is 0 Å². The van der Waals surface area contributed by atoms with Gasteiger partial charge in [0.2, 0.25) is 5.91 Å². The van der Waals surface area contributed by atoms with Crippen molar-refractivity contribution in [3.63, 3.8) is 0 Å². The molecule has 0 unspecified atom stereocenters. The summed E-state index contributed by atoms with van der Waals surface area (Å²) in [6.45, 7) is 4.11. The van der Waals surface area contributed by atoms with E-state index in [-0.39, 0.29) is 5.91 Å². The number of rotatable bonds is 4. The number of nitrogens with zero attached hydrogens (tertiary/aromatic N) is 4. The Kier molecular flexibility index (Phi) is 4.34. The van der Waals surface area contributed by atoms with Crippen LogP contribution in [0.3, 0.4) is 0 Å². The predicted octanol–water partition coefficient (Wildman–Crippen LogP) is 2.31. The zero-order valence-electron chi connectivity index (χ0n) is 12.2. The summed E-state index contributed by atoms with van der Waals surface area (Å²) < 4.78 is 1.95. The molecule has 112 valence electrons. The lowest BCUT2D eigenvalue weighted by atomic mass is 9.99. The largest absolute Gasteiger partial charge is 0.340 e. The number of aromatic nitrogens is 3. The van der Waals surface area contributed by atoms with E-state index in [1.54, 1.807) is 17.5 Å². The van der Waals surface area contributed by atoms with E-state index in [1.807, 2.05) is 27.2 Å². The maximum atomic E-state index is 12.5.